The van der Waals surface area contributed by atoms with E-state index >= 15 is 0 Å². The predicted molar refractivity (Wildman–Crippen MR) is 55.5 cm³/mol. The van der Waals surface area contributed by atoms with Crippen molar-refractivity contribution in [3.8, 4) is 0 Å². The molecule has 15 heavy (non-hydrogen) atoms. The number of benzene rings is 1. The summed E-state index contributed by atoms with van der Waals surface area (Å²) in [5.74, 6) is 0. The molecule has 0 radical (unpaired) electrons. The molecule has 1 aliphatic rings. The monoisotopic (exact) mass is 221 g/mol. The lowest BCUT2D eigenvalue weighted by molar-refractivity contribution is 0.170. The number of imidazole rings is 1. The zero-order valence-corrected chi connectivity index (χ0v) is 8.44. The fraction of sp³-hybridized carbons (Fsp3) is 0.111. The maximum atomic E-state index is 10.8. The fourth-order valence-corrected chi connectivity index (χ4v) is 2.46. The van der Waals surface area contributed by atoms with Crippen LogP contribution in [0.3, 0.4) is 0 Å². The quantitative estimate of drug-likeness (QED) is 0.691. The van der Waals surface area contributed by atoms with Gasteiger partial charge in [-0.15, -0.1) is 0 Å². The molecule has 1 aliphatic heterocycles. The van der Waals surface area contributed by atoms with Crippen molar-refractivity contribution >= 4 is 29.1 Å². The second-order valence-electron chi connectivity index (χ2n) is 3.20. The van der Waals surface area contributed by atoms with Crippen LogP contribution < -0.4 is 0 Å². The fourth-order valence-electron chi connectivity index (χ4n) is 1.62. The molecule has 0 fully saturated rings. The molecule has 0 bridgehead atoms. The topological polar surface area (TPSA) is 58.4 Å². The highest BCUT2D eigenvalue weighted by Crippen LogP contribution is 2.33. The third-order valence-corrected chi connectivity index (χ3v) is 3.26. The van der Waals surface area contributed by atoms with Gasteiger partial charge in [0, 0.05) is 11.9 Å². The minimum absolute atomic E-state index is 0.343. The van der Waals surface area contributed by atoms with Gasteiger partial charge in [-0.05, 0) is 12.1 Å². The van der Waals surface area contributed by atoms with Crippen molar-refractivity contribution in [2.45, 2.75) is 11.8 Å². The summed E-state index contributed by atoms with van der Waals surface area (Å²) < 4.78 is 3.16. The van der Waals surface area contributed by atoms with E-state index in [0.717, 1.165) is 28.1 Å². The van der Waals surface area contributed by atoms with E-state index in [2.05, 4.69) is 4.98 Å². The maximum Gasteiger partial charge on any atom is 0.419 e. The molecule has 6 heteroatoms. The number of hydrogen-bond acceptors (Lipinski definition) is 3. The zero-order valence-electron chi connectivity index (χ0n) is 7.62. The molecule has 0 unspecified atom stereocenters. The van der Waals surface area contributed by atoms with Gasteiger partial charge in [0.25, 0.3) is 0 Å². The molecule has 2 aromatic rings. The van der Waals surface area contributed by atoms with Gasteiger partial charge in [0.2, 0.25) is 0 Å². The first-order valence-electron chi connectivity index (χ1n) is 4.39. The van der Waals surface area contributed by atoms with Gasteiger partial charge < -0.3 is 5.11 Å². The van der Waals surface area contributed by atoms with Crippen LogP contribution in [0, 0.1) is 0 Å². The smallest absolute Gasteiger partial charge is 0.419 e. The highest BCUT2D eigenvalue weighted by atomic mass is 32.2. The Hall–Kier alpha value is -1.69. The zero-order chi connectivity index (χ0) is 10.4. The van der Waals surface area contributed by atoms with Crippen molar-refractivity contribution in [3.63, 3.8) is 0 Å². The van der Waals surface area contributed by atoms with Crippen LogP contribution in [-0.2, 0) is 6.67 Å². The summed E-state index contributed by atoms with van der Waals surface area (Å²) in [5, 5.41) is 9.57. The Morgan fingerprint density at radius 3 is 3.07 bits per heavy atom. The normalized spacial score (nSPS) is 14.5. The summed E-state index contributed by atoms with van der Waals surface area (Å²) in [6, 6.07) is 7.71. The molecular weight excluding hydrogens is 214 g/mol. The Balaban J connectivity index is 2.12. The molecule has 0 saturated heterocycles. The number of carbonyl (C=O) groups is 1. The molecule has 1 amide bonds. The predicted octanol–water partition coefficient (Wildman–Crippen LogP) is 1.99. The number of hydrogen-bond donors (Lipinski definition) is 1. The summed E-state index contributed by atoms with van der Waals surface area (Å²) in [5.41, 5.74) is 1.88. The first-order valence-corrected chi connectivity index (χ1v) is 5.17. The molecule has 5 nitrogen and oxygen atoms in total. The van der Waals surface area contributed by atoms with Crippen molar-refractivity contribution in [2.75, 3.05) is 0 Å². The van der Waals surface area contributed by atoms with Gasteiger partial charge in [0.05, 0.1) is 11.0 Å². The van der Waals surface area contributed by atoms with Crippen molar-refractivity contribution in [1.82, 2.24) is 13.9 Å². The molecule has 3 rings (SSSR count). The molecule has 0 aliphatic carbocycles. The Bertz CT molecular complexity index is 551. The number of para-hydroxylation sites is 2. The number of amides is 1. The first kappa shape index (κ1) is 8.60. The van der Waals surface area contributed by atoms with Gasteiger partial charge in [0.15, 0.2) is 5.16 Å². The lowest BCUT2D eigenvalue weighted by Crippen LogP contribution is -2.19. The van der Waals surface area contributed by atoms with E-state index in [4.69, 9.17) is 5.11 Å². The van der Waals surface area contributed by atoms with Crippen LogP contribution in [0.5, 0.6) is 0 Å². The van der Waals surface area contributed by atoms with Gasteiger partial charge in [-0.25, -0.2) is 14.1 Å². The highest BCUT2D eigenvalue weighted by molar-refractivity contribution is 7.97. The van der Waals surface area contributed by atoms with Gasteiger partial charge in [0.1, 0.15) is 6.67 Å². The molecule has 0 atom stereocenters. The molecule has 1 N–H and O–H groups in total. The summed E-state index contributed by atoms with van der Waals surface area (Å²) >= 11 is 1.16. The van der Waals surface area contributed by atoms with E-state index < -0.39 is 6.09 Å². The molecule has 1 aromatic heterocycles. The average Bonchev–Trinajstić information content (AvgIpc) is 2.73. The highest BCUT2D eigenvalue weighted by Gasteiger charge is 2.27. The van der Waals surface area contributed by atoms with Gasteiger partial charge in [-0.1, -0.05) is 12.1 Å². The van der Waals surface area contributed by atoms with E-state index in [0.29, 0.717) is 6.67 Å². The van der Waals surface area contributed by atoms with Crippen LogP contribution in [0.4, 0.5) is 4.79 Å². The third-order valence-electron chi connectivity index (χ3n) is 2.29. The number of fused-ring (bicyclic) bond motifs is 3. The largest absolute Gasteiger partial charge is 0.464 e. The first-order chi connectivity index (χ1) is 7.25. The van der Waals surface area contributed by atoms with Gasteiger partial charge in [-0.2, -0.15) is 0 Å². The van der Waals surface area contributed by atoms with Crippen molar-refractivity contribution < 1.29 is 9.90 Å². The second-order valence-corrected chi connectivity index (χ2v) is 4.19. The van der Waals surface area contributed by atoms with Crippen LogP contribution in [0.1, 0.15) is 0 Å². The molecule has 1 aromatic carbocycles. The Morgan fingerprint density at radius 1 is 1.47 bits per heavy atom. The van der Waals surface area contributed by atoms with E-state index in [9.17, 15) is 4.79 Å². The summed E-state index contributed by atoms with van der Waals surface area (Å²) in [4.78, 5) is 15.1. The van der Waals surface area contributed by atoms with Crippen molar-refractivity contribution in [3.05, 3.63) is 24.3 Å². The standard InChI is InChI=1S/C9H7N3O2S/c13-9(14)12-5-11-7-4-2-1-3-6(7)10-8(11)15-12/h1-4H,5H2,(H,13,14). The molecule has 0 saturated carbocycles. The minimum Gasteiger partial charge on any atom is -0.464 e. The molecule has 2 heterocycles. The Morgan fingerprint density at radius 2 is 2.27 bits per heavy atom. The molecule has 76 valence electrons. The minimum atomic E-state index is -0.936. The molecule has 0 spiro atoms. The number of carboxylic acid groups (broad SMARTS) is 1. The third kappa shape index (κ3) is 1.18. The van der Waals surface area contributed by atoms with Crippen LogP contribution >= 0.6 is 11.9 Å². The summed E-state index contributed by atoms with van der Waals surface area (Å²) in [7, 11) is 0. The average molecular weight is 221 g/mol. The van der Waals surface area contributed by atoms with Gasteiger partial charge in [-0.3, -0.25) is 4.57 Å². The number of aromatic nitrogens is 2. The Kier molecular flexibility index (Phi) is 1.66. The maximum absolute atomic E-state index is 10.8. The van der Waals surface area contributed by atoms with Crippen molar-refractivity contribution in [1.29, 1.82) is 0 Å². The summed E-state index contributed by atoms with van der Waals surface area (Å²) in [6.45, 7) is 0.343. The summed E-state index contributed by atoms with van der Waals surface area (Å²) in [6.07, 6.45) is -0.936. The SMILES string of the molecule is O=C(O)N1Cn2c(nc3ccccc32)S1. The van der Waals surface area contributed by atoms with Crippen LogP contribution in [0.25, 0.3) is 11.0 Å². The lowest BCUT2D eigenvalue weighted by Gasteiger charge is -2.07. The van der Waals surface area contributed by atoms with E-state index in [1.807, 2.05) is 28.8 Å². The second kappa shape index (κ2) is 2.90. The van der Waals surface area contributed by atoms with Crippen LogP contribution in [-0.4, -0.2) is 25.1 Å². The Labute approximate surface area is 89.4 Å². The lowest BCUT2D eigenvalue weighted by atomic mass is 10.3. The van der Waals surface area contributed by atoms with Crippen LogP contribution in [0.15, 0.2) is 29.4 Å². The van der Waals surface area contributed by atoms with Crippen LogP contribution in [0.2, 0.25) is 0 Å². The van der Waals surface area contributed by atoms with E-state index in [1.165, 1.54) is 4.31 Å². The van der Waals surface area contributed by atoms with Gasteiger partial charge >= 0.3 is 6.09 Å². The van der Waals surface area contributed by atoms with E-state index in [-0.39, 0.29) is 0 Å². The molecular formula is C9H7N3O2S. The van der Waals surface area contributed by atoms with Crippen molar-refractivity contribution in [2.24, 2.45) is 0 Å². The number of rotatable bonds is 0. The number of nitrogens with zero attached hydrogens (tertiary/aromatic N) is 3. The van der Waals surface area contributed by atoms with E-state index in [1.54, 1.807) is 0 Å².